The number of benzene rings is 2. The Balaban J connectivity index is 2.10. The molecule has 2 aromatic carbocycles. The number of aromatic nitrogens is 2. The largest absolute Gasteiger partial charge is 0.330 e. The molecule has 0 saturated carbocycles. The normalized spacial score (nSPS) is 11.4. The van der Waals surface area contributed by atoms with Gasteiger partial charge in [-0.15, -0.1) is 0 Å². The van der Waals surface area contributed by atoms with Gasteiger partial charge in [0.25, 0.3) is 5.56 Å². The fourth-order valence-electron chi connectivity index (χ4n) is 1.98. The average Bonchev–Trinajstić information content (AvgIpc) is 2.50. The van der Waals surface area contributed by atoms with Crippen LogP contribution in [0, 0.1) is 4.77 Å². The van der Waals surface area contributed by atoms with Crippen molar-refractivity contribution in [2.45, 2.75) is 0 Å². The Morgan fingerprint density at radius 2 is 1.91 bits per heavy atom. The molecule has 0 amide bonds. The van der Waals surface area contributed by atoms with Crippen LogP contribution in [0.15, 0.2) is 52.4 Å². The van der Waals surface area contributed by atoms with Crippen molar-refractivity contribution in [2.75, 3.05) is 0 Å². The summed E-state index contributed by atoms with van der Waals surface area (Å²) < 4.78 is 1.36. The first-order valence-corrected chi connectivity index (χ1v) is 7.46. The van der Waals surface area contributed by atoms with E-state index in [1.54, 1.807) is 36.4 Å². The highest BCUT2D eigenvalue weighted by molar-refractivity contribution is 7.71. The van der Waals surface area contributed by atoms with Crippen molar-refractivity contribution >= 4 is 52.5 Å². The molecule has 1 heterocycles. The molecule has 0 unspecified atom stereocenters. The summed E-state index contributed by atoms with van der Waals surface area (Å²) in [7, 11) is 0. The quantitative estimate of drug-likeness (QED) is 0.555. The Morgan fingerprint density at radius 1 is 1.14 bits per heavy atom. The Kier molecular flexibility index (Phi) is 4.11. The molecule has 110 valence electrons. The van der Waals surface area contributed by atoms with Gasteiger partial charge in [-0.05, 0) is 42.0 Å². The topological polar surface area (TPSA) is 50.1 Å². The monoisotopic (exact) mass is 349 g/mol. The Morgan fingerprint density at radius 3 is 2.68 bits per heavy atom. The van der Waals surface area contributed by atoms with Crippen molar-refractivity contribution in [3.05, 3.63) is 73.2 Å². The molecule has 0 atom stereocenters. The van der Waals surface area contributed by atoms with Gasteiger partial charge >= 0.3 is 0 Å². The third-order valence-corrected chi connectivity index (χ3v) is 4.06. The van der Waals surface area contributed by atoms with E-state index in [2.05, 4.69) is 10.1 Å². The minimum atomic E-state index is -0.282. The van der Waals surface area contributed by atoms with Gasteiger partial charge in [0.15, 0.2) is 0 Å². The Hall–Kier alpha value is -1.95. The molecule has 4 nitrogen and oxygen atoms in total. The number of nitrogens with one attached hydrogen (secondary N) is 1. The van der Waals surface area contributed by atoms with Gasteiger partial charge in [0, 0.05) is 0 Å². The average molecular weight is 350 g/mol. The second-order valence-corrected chi connectivity index (χ2v) is 5.71. The van der Waals surface area contributed by atoms with Crippen LogP contribution in [0.3, 0.4) is 0 Å². The minimum Gasteiger partial charge on any atom is -0.330 e. The molecule has 1 N–H and O–H groups in total. The fourth-order valence-corrected chi connectivity index (χ4v) is 2.52. The van der Waals surface area contributed by atoms with Crippen LogP contribution in [-0.4, -0.2) is 15.9 Å². The zero-order valence-electron chi connectivity index (χ0n) is 11.1. The van der Waals surface area contributed by atoms with E-state index in [1.165, 1.54) is 6.21 Å². The van der Waals surface area contributed by atoms with E-state index >= 15 is 0 Å². The van der Waals surface area contributed by atoms with Crippen LogP contribution in [0.25, 0.3) is 10.9 Å². The van der Waals surface area contributed by atoms with E-state index in [1.807, 2.05) is 6.07 Å². The number of nitrogens with zero attached hydrogens (tertiary/aromatic N) is 2. The molecule has 7 heteroatoms. The van der Waals surface area contributed by atoms with Crippen LogP contribution < -0.4 is 5.56 Å². The molecule has 0 fully saturated rings. The molecule has 1 aromatic heterocycles. The van der Waals surface area contributed by atoms with Gasteiger partial charge in [0.1, 0.15) is 0 Å². The van der Waals surface area contributed by atoms with E-state index in [4.69, 9.17) is 35.4 Å². The van der Waals surface area contributed by atoms with Gasteiger partial charge in [0.2, 0.25) is 4.77 Å². The summed E-state index contributed by atoms with van der Waals surface area (Å²) in [5.74, 6) is 0. The zero-order chi connectivity index (χ0) is 15.7. The third kappa shape index (κ3) is 2.83. The summed E-state index contributed by atoms with van der Waals surface area (Å²) in [5, 5.41) is 5.53. The second-order valence-electron chi connectivity index (χ2n) is 4.51. The summed E-state index contributed by atoms with van der Waals surface area (Å²) in [6, 6.07) is 12.2. The lowest BCUT2D eigenvalue weighted by Gasteiger charge is -2.02. The van der Waals surface area contributed by atoms with Crippen LogP contribution in [0.2, 0.25) is 10.0 Å². The summed E-state index contributed by atoms with van der Waals surface area (Å²) in [6.45, 7) is 0. The maximum absolute atomic E-state index is 12.4. The van der Waals surface area contributed by atoms with Crippen LogP contribution in [0.1, 0.15) is 5.56 Å². The predicted molar refractivity (Wildman–Crippen MR) is 92.8 cm³/mol. The number of para-hydroxylation sites is 1. The molecule has 0 aliphatic heterocycles. The molecular formula is C15H9Cl2N3OS. The van der Waals surface area contributed by atoms with Crippen molar-refractivity contribution in [3.63, 3.8) is 0 Å². The molecule has 3 rings (SSSR count). The first-order valence-electron chi connectivity index (χ1n) is 6.30. The standard InChI is InChI=1S/C15H9Cl2N3OS/c16-11-6-5-9(7-12(11)17)8-18-20-14(21)10-3-1-2-4-13(10)19-15(20)22/h1-8H,(H,19,22)/b18-8-. The molecular weight excluding hydrogens is 341 g/mol. The maximum atomic E-state index is 12.4. The van der Waals surface area contributed by atoms with Gasteiger partial charge in [-0.3, -0.25) is 4.79 Å². The van der Waals surface area contributed by atoms with E-state index in [-0.39, 0.29) is 10.3 Å². The third-order valence-electron chi connectivity index (χ3n) is 3.05. The first kappa shape index (κ1) is 15.0. The van der Waals surface area contributed by atoms with Crippen molar-refractivity contribution in [1.82, 2.24) is 9.66 Å². The minimum absolute atomic E-state index is 0.222. The van der Waals surface area contributed by atoms with E-state index in [0.29, 0.717) is 26.5 Å². The Bertz CT molecular complexity index is 1010. The second kappa shape index (κ2) is 6.04. The first-order chi connectivity index (χ1) is 10.6. The highest BCUT2D eigenvalue weighted by atomic mass is 35.5. The summed E-state index contributed by atoms with van der Waals surface area (Å²) in [6.07, 6.45) is 1.50. The van der Waals surface area contributed by atoms with Crippen molar-refractivity contribution in [1.29, 1.82) is 0 Å². The van der Waals surface area contributed by atoms with Crippen LogP contribution in [-0.2, 0) is 0 Å². The number of aromatic amines is 1. The lowest BCUT2D eigenvalue weighted by molar-refractivity contribution is 0.800. The smallest absolute Gasteiger partial charge is 0.282 e. The number of fused-ring (bicyclic) bond motifs is 1. The maximum Gasteiger partial charge on any atom is 0.282 e. The van der Waals surface area contributed by atoms with Gasteiger partial charge in [-0.1, -0.05) is 41.4 Å². The van der Waals surface area contributed by atoms with E-state index < -0.39 is 0 Å². The summed E-state index contributed by atoms with van der Waals surface area (Å²) >= 11 is 17.0. The highest BCUT2D eigenvalue weighted by Crippen LogP contribution is 2.21. The lowest BCUT2D eigenvalue weighted by atomic mass is 10.2. The SMILES string of the molecule is O=c1c2ccccc2[nH]c(=S)n1/N=C\c1ccc(Cl)c(Cl)c1. The van der Waals surface area contributed by atoms with Gasteiger partial charge < -0.3 is 4.98 Å². The Labute approximate surface area is 140 Å². The molecule has 0 bridgehead atoms. The molecule has 0 radical (unpaired) electrons. The molecule has 0 aliphatic rings. The summed E-state index contributed by atoms with van der Waals surface area (Å²) in [5.41, 5.74) is 1.11. The molecule has 0 spiro atoms. The van der Waals surface area contributed by atoms with Crippen molar-refractivity contribution in [3.8, 4) is 0 Å². The van der Waals surface area contributed by atoms with Crippen LogP contribution in [0.5, 0.6) is 0 Å². The molecule has 22 heavy (non-hydrogen) atoms. The van der Waals surface area contributed by atoms with Crippen LogP contribution >= 0.6 is 35.4 Å². The molecule has 3 aromatic rings. The van der Waals surface area contributed by atoms with E-state index in [0.717, 1.165) is 4.68 Å². The van der Waals surface area contributed by atoms with Crippen LogP contribution in [0.4, 0.5) is 0 Å². The van der Waals surface area contributed by atoms with Crippen molar-refractivity contribution in [2.24, 2.45) is 5.10 Å². The number of hydrogen-bond donors (Lipinski definition) is 1. The van der Waals surface area contributed by atoms with Crippen molar-refractivity contribution < 1.29 is 0 Å². The number of H-pyrrole nitrogens is 1. The van der Waals surface area contributed by atoms with Gasteiger partial charge in [-0.2, -0.15) is 9.78 Å². The summed E-state index contributed by atoms with van der Waals surface area (Å²) in [4.78, 5) is 15.4. The van der Waals surface area contributed by atoms with Gasteiger partial charge in [-0.25, -0.2) is 0 Å². The number of rotatable bonds is 2. The van der Waals surface area contributed by atoms with E-state index in [9.17, 15) is 4.79 Å². The predicted octanol–water partition coefficient (Wildman–Crippen LogP) is 4.25. The number of hydrogen-bond acceptors (Lipinski definition) is 3. The lowest BCUT2D eigenvalue weighted by Crippen LogP contribution is -2.18. The fraction of sp³-hybridized carbons (Fsp3) is 0. The molecule has 0 aliphatic carbocycles. The number of halogens is 2. The van der Waals surface area contributed by atoms with Gasteiger partial charge in [0.05, 0.1) is 27.2 Å². The highest BCUT2D eigenvalue weighted by Gasteiger charge is 2.04. The zero-order valence-corrected chi connectivity index (χ0v) is 13.4. The molecule has 0 saturated heterocycles.